The van der Waals surface area contributed by atoms with E-state index < -0.39 is 5.60 Å². The second-order valence-corrected chi connectivity index (χ2v) is 4.12. The molecule has 1 atom stereocenters. The summed E-state index contributed by atoms with van der Waals surface area (Å²) in [4.78, 5) is 0. The van der Waals surface area contributed by atoms with Crippen LogP contribution in [0.15, 0.2) is 0 Å². The SMILES string of the molecule is CCCCCC(C)(O)CNCCOC. The zero-order valence-electron chi connectivity index (χ0n) is 9.81. The monoisotopic (exact) mass is 203 g/mol. The van der Waals surface area contributed by atoms with Gasteiger partial charge in [-0.15, -0.1) is 0 Å². The first kappa shape index (κ1) is 13.9. The topological polar surface area (TPSA) is 41.5 Å². The van der Waals surface area contributed by atoms with Gasteiger partial charge in [-0.25, -0.2) is 0 Å². The summed E-state index contributed by atoms with van der Waals surface area (Å²) in [5.74, 6) is 0. The molecule has 0 aliphatic carbocycles. The third kappa shape index (κ3) is 8.48. The normalized spacial score (nSPS) is 15.4. The number of rotatable bonds is 9. The van der Waals surface area contributed by atoms with Crippen LogP contribution in [0.4, 0.5) is 0 Å². The summed E-state index contributed by atoms with van der Waals surface area (Å²) in [5.41, 5.74) is -0.567. The average molecular weight is 203 g/mol. The molecule has 2 N–H and O–H groups in total. The first-order valence-corrected chi connectivity index (χ1v) is 5.54. The maximum absolute atomic E-state index is 9.94. The van der Waals surface area contributed by atoms with Gasteiger partial charge >= 0.3 is 0 Å². The molecule has 0 heterocycles. The number of aliphatic hydroxyl groups is 1. The van der Waals surface area contributed by atoms with Gasteiger partial charge in [0.05, 0.1) is 12.2 Å². The van der Waals surface area contributed by atoms with E-state index in [0.29, 0.717) is 13.2 Å². The van der Waals surface area contributed by atoms with E-state index in [4.69, 9.17) is 4.74 Å². The van der Waals surface area contributed by atoms with Crippen LogP contribution in [0.1, 0.15) is 39.5 Å². The number of hydrogen-bond acceptors (Lipinski definition) is 3. The van der Waals surface area contributed by atoms with Crippen molar-refractivity contribution in [2.75, 3.05) is 26.8 Å². The Bertz CT molecular complexity index is 126. The molecule has 0 radical (unpaired) electrons. The Labute approximate surface area is 87.8 Å². The van der Waals surface area contributed by atoms with Gasteiger partial charge < -0.3 is 15.2 Å². The van der Waals surface area contributed by atoms with Gasteiger partial charge in [-0.3, -0.25) is 0 Å². The van der Waals surface area contributed by atoms with Gasteiger partial charge in [-0.05, 0) is 13.3 Å². The van der Waals surface area contributed by atoms with Crippen LogP contribution in [0.2, 0.25) is 0 Å². The predicted molar refractivity (Wildman–Crippen MR) is 59.5 cm³/mol. The number of unbranched alkanes of at least 4 members (excludes halogenated alkanes) is 2. The van der Waals surface area contributed by atoms with Crippen molar-refractivity contribution in [2.45, 2.75) is 45.1 Å². The minimum Gasteiger partial charge on any atom is -0.389 e. The molecule has 14 heavy (non-hydrogen) atoms. The summed E-state index contributed by atoms with van der Waals surface area (Å²) in [5, 5.41) is 13.1. The number of hydrogen-bond donors (Lipinski definition) is 2. The Morgan fingerprint density at radius 3 is 2.64 bits per heavy atom. The van der Waals surface area contributed by atoms with Crippen LogP contribution in [0, 0.1) is 0 Å². The van der Waals surface area contributed by atoms with Crippen molar-refractivity contribution in [1.29, 1.82) is 0 Å². The molecule has 0 fully saturated rings. The average Bonchev–Trinajstić information content (AvgIpc) is 2.13. The van der Waals surface area contributed by atoms with E-state index in [1.54, 1.807) is 7.11 Å². The molecule has 0 aliphatic rings. The standard InChI is InChI=1S/C11H25NO2/c1-4-5-6-7-11(2,13)10-12-8-9-14-3/h12-13H,4-10H2,1-3H3. The summed E-state index contributed by atoms with van der Waals surface area (Å²) in [7, 11) is 1.68. The van der Waals surface area contributed by atoms with E-state index >= 15 is 0 Å². The number of methoxy groups -OCH3 is 1. The maximum Gasteiger partial charge on any atom is 0.0743 e. The van der Waals surface area contributed by atoms with E-state index in [1.165, 1.54) is 12.8 Å². The summed E-state index contributed by atoms with van der Waals surface area (Å²) < 4.78 is 4.91. The highest BCUT2D eigenvalue weighted by atomic mass is 16.5. The second kappa shape index (κ2) is 8.21. The fraction of sp³-hybridized carbons (Fsp3) is 1.00. The molecule has 0 aromatic rings. The molecular weight excluding hydrogens is 178 g/mol. The van der Waals surface area contributed by atoms with Crippen LogP contribution in [0.5, 0.6) is 0 Å². The molecule has 0 saturated heterocycles. The Balaban J connectivity index is 3.40. The second-order valence-electron chi connectivity index (χ2n) is 4.12. The van der Waals surface area contributed by atoms with Crippen LogP contribution in [-0.2, 0) is 4.74 Å². The molecule has 3 nitrogen and oxygen atoms in total. The first-order chi connectivity index (χ1) is 6.62. The number of nitrogens with one attached hydrogen (secondary N) is 1. The Morgan fingerprint density at radius 2 is 2.07 bits per heavy atom. The Hall–Kier alpha value is -0.120. The smallest absolute Gasteiger partial charge is 0.0743 e. The molecule has 0 amide bonds. The van der Waals surface area contributed by atoms with Gasteiger partial charge in [0.1, 0.15) is 0 Å². The zero-order valence-corrected chi connectivity index (χ0v) is 9.81. The molecule has 0 aromatic heterocycles. The molecular formula is C11H25NO2. The van der Waals surface area contributed by atoms with Crippen LogP contribution in [0.25, 0.3) is 0 Å². The van der Waals surface area contributed by atoms with E-state index in [9.17, 15) is 5.11 Å². The third-order valence-corrected chi connectivity index (χ3v) is 2.31. The quantitative estimate of drug-likeness (QED) is 0.559. The first-order valence-electron chi connectivity index (χ1n) is 5.54. The largest absolute Gasteiger partial charge is 0.389 e. The van der Waals surface area contributed by atoms with Crippen molar-refractivity contribution < 1.29 is 9.84 Å². The summed E-state index contributed by atoms with van der Waals surface area (Å²) in [6.45, 7) is 6.22. The van der Waals surface area contributed by atoms with Gasteiger partial charge in [0, 0.05) is 20.2 Å². The van der Waals surface area contributed by atoms with Crippen LogP contribution < -0.4 is 5.32 Å². The Kier molecular flexibility index (Phi) is 8.14. The van der Waals surface area contributed by atoms with Gasteiger partial charge in [-0.2, -0.15) is 0 Å². The lowest BCUT2D eigenvalue weighted by Gasteiger charge is -2.23. The summed E-state index contributed by atoms with van der Waals surface area (Å²) in [6.07, 6.45) is 4.39. The van der Waals surface area contributed by atoms with Crippen molar-refractivity contribution in [3.05, 3.63) is 0 Å². The van der Waals surface area contributed by atoms with Crippen molar-refractivity contribution in [1.82, 2.24) is 5.32 Å². The summed E-state index contributed by atoms with van der Waals surface area (Å²) in [6, 6.07) is 0. The highest BCUT2D eigenvalue weighted by Crippen LogP contribution is 2.13. The van der Waals surface area contributed by atoms with Crippen molar-refractivity contribution in [2.24, 2.45) is 0 Å². The minimum atomic E-state index is -0.567. The fourth-order valence-corrected chi connectivity index (χ4v) is 1.38. The van der Waals surface area contributed by atoms with Crippen molar-refractivity contribution >= 4 is 0 Å². The summed E-state index contributed by atoms with van der Waals surface area (Å²) >= 11 is 0. The molecule has 0 spiro atoms. The van der Waals surface area contributed by atoms with E-state index in [1.807, 2.05) is 6.92 Å². The van der Waals surface area contributed by atoms with Crippen molar-refractivity contribution in [3.8, 4) is 0 Å². The highest BCUT2D eigenvalue weighted by molar-refractivity contribution is 4.75. The lowest BCUT2D eigenvalue weighted by molar-refractivity contribution is 0.0465. The molecule has 0 rings (SSSR count). The van der Waals surface area contributed by atoms with Gasteiger partial charge in [-0.1, -0.05) is 26.2 Å². The molecule has 3 heteroatoms. The van der Waals surface area contributed by atoms with Gasteiger partial charge in [0.2, 0.25) is 0 Å². The minimum absolute atomic E-state index is 0.567. The number of ether oxygens (including phenoxy) is 1. The predicted octanol–water partition coefficient (Wildman–Crippen LogP) is 1.55. The van der Waals surface area contributed by atoms with E-state index in [0.717, 1.165) is 19.4 Å². The lowest BCUT2D eigenvalue weighted by Crippen LogP contribution is -2.38. The molecule has 0 saturated carbocycles. The molecule has 1 unspecified atom stereocenters. The molecule has 86 valence electrons. The van der Waals surface area contributed by atoms with Crippen LogP contribution >= 0.6 is 0 Å². The molecule has 0 aliphatic heterocycles. The van der Waals surface area contributed by atoms with Crippen molar-refractivity contribution in [3.63, 3.8) is 0 Å². The maximum atomic E-state index is 9.94. The highest BCUT2D eigenvalue weighted by Gasteiger charge is 2.18. The Morgan fingerprint density at radius 1 is 1.36 bits per heavy atom. The van der Waals surface area contributed by atoms with Crippen LogP contribution in [-0.4, -0.2) is 37.5 Å². The van der Waals surface area contributed by atoms with Gasteiger partial charge in [0.15, 0.2) is 0 Å². The van der Waals surface area contributed by atoms with Gasteiger partial charge in [0.25, 0.3) is 0 Å². The molecule has 0 bridgehead atoms. The van der Waals surface area contributed by atoms with Crippen LogP contribution in [0.3, 0.4) is 0 Å². The fourth-order valence-electron chi connectivity index (χ4n) is 1.38. The zero-order chi connectivity index (χ0) is 10.9. The van der Waals surface area contributed by atoms with E-state index in [-0.39, 0.29) is 0 Å². The third-order valence-electron chi connectivity index (χ3n) is 2.31. The molecule has 0 aromatic carbocycles. The lowest BCUT2D eigenvalue weighted by atomic mass is 9.98. The van der Waals surface area contributed by atoms with E-state index in [2.05, 4.69) is 12.2 Å².